The Hall–Kier alpha value is -0.980. The molecule has 0 aliphatic carbocycles. The molecule has 1 heteroatoms. The average molecular weight is 177 g/mol. The Labute approximate surface area is 81.4 Å². The molecule has 0 radical (unpaired) electrons. The fourth-order valence-electron chi connectivity index (χ4n) is 1.64. The predicted octanol–water partition coefficient (Wildman–Crippen LogP) is 3.09. The van der Waals surface area contributed by atoms with Gasteiger partial charge in [0.05, 0.1) is 0 Å². The lowest BCUT2D eigenvalue weighted by Gasteiger charge is -2.23. The summed E-state index contributed by atoms with van der Waals surface area (Å²) in [7, 11) is 2.16. The maximum Gasteiger partial charge on any atom is 0.0393 e. The van der Waals surface area contributed by atoms with Crippen LogP contribution in [0.25, 0.3) is 0 Å². The molecule has 0 aliphatic rings. The Morgan fingerprint density at radius 1 is 1.23 bits per heavy atom. The number of anilines is 1. The second kappa shape index (κ2) is 4.31. The highest BCUT2D eigenvalue weighted by Gasteiger charge is 2.04. The molecule has 0 heterocycles. The van der Waals surface area contributed by atoms with Gasteiger partial charge in [-0.25, -0.2) is 0 Å². The largest absolute Gasteiger partial charge is 0.374 e. The van der Waals surface area contributed by atoms with Crippen molar-refractivity contribution in [2.24, 2.45) is 5.92 Å². The molecule has 1 aromatic rings. The molecule has 0 bridgehead atoms. The van der Waals surface area contributed by atoms with Crippen molar-refractivity contribution >= 4 is 5.69 Å². The van der Waals surface area contributed by atoms with Gasteiger partial charge in [-0.15, -0.1) is 0 Å². The van der Waals surface area contributed by atoms with Gasteiger partial charge in [0.15, 0.2) is 0 Å². The van der Waals surface area contributed by atoms with Crippen LogP contribution < -0.4 is 4.90 Å². The maximum atomic E-state index is 2.32. The lowest BCUT2D eigenvalue weighted by atomic mass is 10.1. The Balaban J connectivity index is 2.76. The monoisotopic (exact) mass is 177 g/mol. The quantitative estimate of drug-likeness (QED) is 0.685. The summed E-state index contributed by atoms with van der Waals surface area (Å²) in [5, 5.41) is 0. The molecule has 0 spiro atoms. The van der Waals surface area contributed by atoms with E-state index in [0.29, 0.717) is 5.92 Å². The van der Waals surface area contributed by atoms with E-state index in [0.717, 1.165) is 6.54 Å². The van der Waals surface area contributed by atoms with Gasteiger partial charge in [0.1, 0.15) is 0 Å². The molecule has 13 heavy (non-hydrogen) atoms. The van der Waals surface area contributed by atoms with Crippen LogP contribution in [-0.4, -0.2) is 13.6 Å². The van der Waals surface area contributed by atoms with Gasteiger partial charge >= 0.3 is 0 Å². The van der Waals surface area contributed by atoms with Crippen LogP contribution >= 0.6 is 0 Å². The molecule has 1 rings (SSSR count). The van der Waals surface area contributed by atoms with Crippen LogP contribution in [0, 0.1) is 12.8 Å². The molecule has 0 saturated heterocycles. The molecule has 0 aliphatic heterocycles. The Morgan fingerprint density at radius 2 is 1.85 bits per heavy atom. The summed E-state index contributed by atoms with van der Waals surface area (Å²) in [5.41, 5.74) is 2.70. The second-order valence-electron chi connectivity index (χ2n) is 4.06. The van der Waals surface area contributed by atoms with Crippen LogP contribution in [0.2, 0.25) is 0 Å². The van der Waals surface area contributed by atoms with Crippen molar-refractivity contribution in [3.05, 3.63) is 29.8 Å². The van der Waals surface area contributed by atoms with Crippen molar-refractivity contribution in [2.75, 3.05) is 18.5 Å². The van der Waals surface area contributed by atoms with Crippen molar-refractivity contribution in [1.82, 2.24) is 0 Å². The summed E-state index contributed by atoms with van der Waals surface area (Å²) in [6, 6.07) is 8.52. The molecule has 0 atom stereocenters. The summed E-state index contributed by atoms with van der Waals surface area (Å²) in [5.74, 6) is 0.713. The lowest BCUT2D eigenvalue weighted by Crippen LogP contribution is -2.23. The number of hydrogen-bond acceptors (Lipinski definition) is 1. The molecule has 0 aromatic heterocycles. The first-order valence-corrected chi connectivity index (χ1v) is 4.88. The highest BCUT2D eigenvalue weighted by molar-refractivity contribution is 5.52. The molecular weight excluding hydrogens is 158 g/mol. The minimum absolute atomic E-state index is 0.713. The highest BCUT2D eigenvalue weighted by atomic mass is 15.1. The summed E-state index contributed by atoms with van der Waals surface area (Å²) in [6.07, 6.45) is 0. The van der Waals surface area contributed by atoms with Gasteiger partial charge in [-0.2, -0.15) is 0 Å². The van der Waals surface area contributed by atoms with Gasteiger partial charge in [-0.05, 0) is 24.5 Å². The zero-order valence-electron chi connectivity index (χ0n) is 9.04. The third kappa shape index (κ3) is 2.76. The zero-order chi connectivity index (χ0) is 9.84. The fraction of sp³-hybridized carbons (Fsp3) is 0.500. The van der Waals surface area contributed by atoms with Crippen LogP contribution in [0.15, 0.2) is 24.3 Å². The minimum Gasteiger partial charge on any atom is -0.374 e. The first kappa shape index (κ1) is 10.1. The number of benzene rings is 1. The van der Waals surface area contributed by atoms with Gasteiger partial charge < -0.3 is 4.90 Å². The lowest BCUT2D eigenvalue weighted by molar-refractivity contribution is 0.638. The average Bonchev–Trinajstić information content (AvgIpc) is 2.03. The Kier molecular flexibility index (Phi) is 3.35. The van der Waals surface area contributed by atoms with E-state index in [1.165, 1.54) is 11.3 Å². The molecule has 0 unspecified atom stereocenters. The van der Waals surface area contributed by atoms with E-state index >= 15 is 0 Å². The highest BCUT2D eigenvalue weighted by Crippen LogP contribution is 2.18. The van der Waals surface area contributed by atoms with Gasteiger partial charge in [0.25, 0.3) is 0 Å². The summed E-state index contributed by atoms with van der Waals surface area (Å²) in [4.78, 5) is 2.32. The minimum atomic E-state index is 0.713. The molecule has 1 nitrogen and oxygen atoms in total. The molecule has 72 valence electrons. The van der Waals surface area contributed by atoms with E-state index in [1.807, 2.05) is 0 Å². The summed E-state index contributed by atoms with van der Waals surface area (Å²) < 4.78 is 0. The van der Waals surface area contributed by atoms with Gasteiger partial charge in [-0.3, -0.25) is 0 Å². The molecule has 1 aromatic carbocycles. The van der Waals surface area contributed by atoms with Crippen LogP contribution in [0.5, 0.6) is 0 Å². The van der Waals surface area contributed by atoms with Crippen LogP contribution in [0.1, 0.15) is 19.4 Å². The Morgan fingerprint density at radius 3 is 2.38 bits per heavy atom. The standard InChI is InChI=1S/C12H19N/c1-10(2)9-13(4)12-8-6-5-7-11(12)3/h5-8,10H,9H2,1-4H3. The molecule has 0 amide bonds. The van der Waals surface area contributed by atoms with E-state index in [2.05, 4.69) is 57.0 Å². The number of nitrogens with zero attached hydrogens (tertiary/aromatic N) is 1. The van der Waals surface area contributed by atoms with Crippen LogP contribution in [0.3, 0.4) is 0 Å². The molecule has 0 fully saturated rings. The second-order valence-corrected chi connectivity index (χ2v) is 4.06. The molecule has 0 N–H and O–H groups in total. The number of hydrogen-bond donors (Lipinski definition) is 0. The maximum absolute atomic E-state index is 2.32. The SMILES string of the molecule is Cc1ccccc1N(C)CC(C)C. The van der Waals surface area contributed by atoms with E-state index in [4.69, 9.17) is 0 Å². The molecular formula is C12H19N. The van der Waals surface area contributed by atoms with Crippen molar-refractivity contribution in [1.29, 1.82) is 0 Å². The van der Waals surface area contributed by atoms with Crippen LogP contribution in [-0.2, 0) is 0 Å². The fourth-order valence-corrected chi connectivity index (χ4v) is 1.64. The van der Waals surface area contributed by atoms with E-state index < -0.39 is 0 Å². The zero-order valence-corrected chi connectivity index (χ0v) is 9.04. The number of rotatable bonds is 3. The van der Waals surface area contributed by atoms with Crippen molar-refractivity contribution in [2.45, 2.75) is 20.8 Å². The third-order valence-corrected chi connectivity index (χ3v) is 2.17. The van der Waals surface area contributed by atoms with Crippen molar-refractivity contribution in [3.63, 3.8) is 0 Å². The van der Waals surface area contributed by atoms with Gasteiger partial charge in [0.2, 0.25) is 0 Å². The van der Waals surface area contributed by atoms with Gasteiger partial charge in [0, 0.05) is 19.3 Å². The number of para-hydroxylation sites is 1. The third-order valence-electron chi connectivity index (χ3n) is 2.17. The first-order valence-electron chi connectivity index (χ1n) is 4.88. The summed E-state index contributed by atoms with van der Waals surface area (Å²) >= 11 is 0. The smallest absolute Gasteiger partial charge is 0.0393 e. The normalized spacial score (nSPS) is 10.5. The predicted molar refractivity (Wildman–Crippen MR) is 59.3 cm³/mol. The Bertz CT molecular complexity index is 266. The van der Waals surface area contributed by atoms with Crippen molar-refractivity contribution in [3.8, 4) is 0 Å². The summed E-state index contributed by atoms with van der Waals surface area (Å²) in [6.45, 7) is 7.76. The van der Waals surface area contributed by atoms with E-state index in [9.17, 15) is 0 Å². The number of aryl methyl sites for hydroxylation is 1. The molecule has 0 saturated carbocycles. The van der Waals surface area contributed by atoms with Gasteiger partial charge in [-0.1, -0.05) is 32.0 Å². The van der Waals surface area contributed by atoms with Crippen molar-refractivity contribution < 1.29 is 0 Å². The van der Waals surface area contributed by atoms with E-state index in [1.54, 1.807) is 0 Å². The first-order chi connectivity index (χ1) is 6.11. The topological polar surface area (TPSA) is 3.24 Å². The van der Waals surface area contributed by atoms with E-state index in [-0.39, 0.29) is 0 Å². The van der Waals surface area contributed by atoms with Crippen LogP contribution in [0.4, 0.5) is 5.69 Å².